The van der Waals surface area contributed by atoms with Crippen LogP contribution in [0.25, 0.3) is 0 Å². The number of rotatable bonds is 2. The highest BCUT2D eigenvalue weighted by molar-refractivity contribution is 5.44. The second-order valence-electron chi connectivity index (χ2n) is 7.67. The van der Waals surface area contributed by atoms with Gasteiger partial charge < -0.3 is 0 Å². The molecule has 1 saturated carbocycles. The highest BCUT2D eigenvalue weighted by Gasteiger charge is 2.45. The van der Waals surface area contributed by atoms with Crippen LogP contribution in [0.5, 0.6) is 0 Å². The van der Waals surface area contributed by atoms with Crippen molar-refractivity contribution in [3.8, 4) is 0 Å². The van der Waals surface area contributed by atoms with E-state index >= 15 is 0 Å². The molecular formula is C23H26. The molecule has 0 heteroatoms. The van der Waals surface area contributed by atoms with Crippen LogP contribution in [0, 0.1) is 5.41 Å². The topological polar surface area (TPSA) is 0 Å². The fourth-order valence-electron chi connectivity index (χ4n) is 4.82. The standard InChI is InChI=1S/C23H26/c1-22-15-9-8-14-21(22)18-23(17-16-22,19-10-4-2-5-11-19)20-12-6-3-7-13-20/h2-7,10-14H,8-9,15-18H2,1H3. The summed E-state index contributed by atoms with van der Waals surface area (Å²) in [6.45, 7) is 2.50. The van der Waals surface area contributed by atoms with Crippen molar-refractivity contribution in [2.75, 3.05) is 0 Å². The molecule has 0 spiro atoms. The Kier molecular flexibility index (Phi) is 3.64. The maximum Gasteiger partial charge on any atom is 0.0240 e. The SMILES string of the molecule is CC12CCCC=C1CC(c1ccccc1)(c1ccccc1)CC2. The fourth-order valence-corrected chi connectivity index (χ4v) is 4.82. The molecule has 2 aromatic carbocycles. The van der Waals surface area contributed by atoms with E-state index in [1.807, 2.05) is 0 Å². The van der Waals surface area contributed by atoms with Gasteiger partial charge in [0.25, 0.3) is 0 Å². The Morgan fingerprint density at radius 3 is 1.96 bits per heavy atom. The van der Waals surface area contributed by atoms with Crippen molar-refractivity contribution < 1.29 is 0 Å². The molecule has 2 aliphatic rings. The minimum absolute atomic E-state index is 0.158. The highest BCUT2D eigenvalue weighted by atomic mass is 14.5. The summed E-state index contributed by atoms with van der Waals surface area (Å²) in [5.74, 6) is 0. The molecule has 1 unspecified atom stereocenters. The third kappa shape index (κ3) is 2.45. The number of benzene rings is 2. The molecule has 0 amide bonds. The zero-order valence-corrected chi connectivity index (χ0v) is 14.1. The van der Waals surface area contributed by atoms with E-state index in [0.29, 0.717) is 5.41 Å². The summed E-state index contributed by atoms with van der Waals surface area (Å²) in [4.78, 5) is 0. The number of hydrogen-bond acceptors (Lipinski definition) is 0. The monoisotopic (exact) mass is 302 g/mol. The molecule has 0 aliphatic heterocycles. The first-order valence-electron chi connectivity index (χ1n) is 9.04. The van der Waals surface area contributed by atoms with Gasteiger partial charge in [-0.1, -0.05) is 79.2 Å². The van der Waals surface area contributed by atoms with Crippen LogP contribution in [0.4, 0.5) is 0 Å². The summed E-state index contributed by atoms with van der Waals surface area (Å²) in [5, 5.41) is 0. The minimum Gasteiger partial charge on any atom is -0.0847 e. The third-order valence-corrected chi connectivity index (χ3v) is 6.35. The Morgan fingerprint density at radius 2 is 1.35 bits per heavy atom. The normalized spacial score (nSPS) is 26.2. The van der Waals surface area contributed by atoms with Gasteiger partial charge in [-0.2, -0.15) is 0 Å². The lowest BCUT2D eigenvalue weighted by molar-refractivity contribution is 0.214. The van der Waals surface area contributed by atoms with Crippen LogP contribution in [0.1, 0.15) is 56.6 Å². The molecule has 0 N–H and O–H groups in total. The molecule has 1 fully saturated rings. The van der Waals surface area contributed by atoms with Crippen LogP contribution >= 0.6 is 0 Å². The fraction of sp³-hybridized carbons (Fsp3) is 0.391. The Morgan fingerprint density at radius 1 is 0.739 bits per heavy atom. The van der Waals surface area contributed by atoms with E-state index in [9.17, 15) is 0 Å². The maximum atomic E-state index is 2.56. The van der Waals surface area contributed by atoms with Gasteiger partial charge in [-0.25, -0.2) is 0 Å². The van der Waals surface area contributed by atoms with Gasteiger partial charge in [0.15, 0.2) is 0 Å². The summed E-state index contributed by atoms with van der Waals surface area (Å²) in [5.41, 5.74) is 5.29. The highest BCUT2D eigenvalue weighted by Crippen LogP contribution is 2.56. The average molecular weight is 302 g/mol. The van der Waals surface area contributed by atoms with Gasteiger partial charge in [-0.3, -0.25) is 0 Å². The largest absolute Gasteiger partial charge is 0.0847 e. The Bertz CT molecular complexity index is 656. The molecule has 0 saturated heterocycles. The first-order valence-corrected chi connectivity index (χ1v) is 9.04. The van der Waals surface area contributed by atoms with Crippen LogP contribution in [0.3, 0.4) is 0 Å². The first-order chi connectivity index (χ1) is 11.2. The second-order valence-corrected chi connectivity index (χ2v) is 7.67. The lowest BCUT2D eigenvalue weighted by Gasteiger charge is -2.49. The molecule has 2 aromatic rings. The van der Waals surface area contributed by atoms with E-state index in [2.05, 4.69) is 73.7 Å². The van der Waals surface area contributed by atoms with Crippen molar-refractivity contribution in [2.24, 2.45) is 5.41 Å². The van der Waals surface area contributed by atoms with Gasteiger partial charge in [0.05, 0.1) is 0 Å². The van der Waals surface area contributed by atoms with Crippen LogP contribution in [-0.4, -0.2) is 0 Å². The number of hydrogen-bond donors (Lipinski definition) is 0. The van der Waals surface area contributed by atoms with Crippen LogP contribution in [-0.2, 0) is 5.41 Å². The van der Waals surface area contributed by atoms with Gasteiger partial charge in [0, 0.05) is 5.41 Å². The van der Waals surface area contributed by atoms with E-state index in [1.165, 1.54) is 49.7 Å². The van der Waals surface area contributed by atoms with Crippen molar-refractivity contribution in [1.29, 1.82) is 0 Å². The molecule has 0 bridgehead atoms. The van der Waals surface area contributed by atoms with Crippen molar-refractivity contribution in [3.05, 3.63) is 83.4 Å². The van der Waals surface area contributed by atoms with E-state index in [4.69, 9.17) is 0 Å². The summed E-state index contributed by atoms with van der Waals surface area (Å²) in [6, 6.07) is 22.4. The molecule has 23 heavy (non-hydrogen) atoms. The summed E-state index contributed by atoms with van der Waals surface area (Å²) < 4.78 is 0. The molecule has 0 radical (unpaired) electrons. The predicted octanol–water partition coefficient (Wildman–Crippen LogP) is 6.27. The second kappa shape index (κ2) is 5.67. The molecule has 0 nitrogen and oxygen atoms in total. The predicted molar refractivity (Wildman–Crippen MR) is 97.6 cm³/mol. The van der Waals surface area contributed by atoms with Crippen molar-refractivity contribution >= 4 is 0 Å². The van der Waals surface area contributed by atoms with E-state index in [0.717, 1.165) is 0 Å². The average Bonchev–Trinajstić information content (AvgIpc) is 2.62. The van der Waals surface area contributed by atoms with Crippen LogP contribution in [0.2, 0.25) is 0 Å². The minimum atomic E-state index is 0.158. The maximum absolute atomic E-state index is 2.56. The van der Waals surface area contributed by atoms with Gasteiger partial charge in [-0.05, 0) is 55.1 Å². The molecule has 118 valence electrons. The summed E-state index contributed by atoms with van der Waals surface area (Å²) in [6.07, 6.45) is 10.3. The van der Waals surface area contributed by atoms with E-state index < -0.39 is 0 Å². The van der Waals surface area contributed by atoms with Gasteiger partial charge in [0.1, 0.15) is 0 Å². The lowest BCUT2D eigenvalue weighted by Crippen LogP contribution is -2.39. The zero-order chi connectivity index (χ0) is 15.8. The Balaban J connectivity index is 1.84. The first kappa shape index (κ1) is 14.8. The van der Waals surface area contributed by atoms with E-state index in [1.54, 1.807) is 5.57 Å². The smallest absolute Gasteiger partial charge is 0.0240 e. The quantitative estimate of drug-likeness (QED) is 0.573. The zero-order valence-electron chi connectivity index (χ0n) is 14.1. The molecule has 4 rings (SSSR count). The molecule has 2 aliphatic carbocycles. The van der Waals surface area contributed by atoms with Gasteiger partial charge >= 0.3 is 0 Å². The molecule has 0 aromatic heterocycles. The Labute approximate surface area is 140 Å². The summed E-state index contributed by atoms with van der Waals surface area (Å²) >= 11 is 0. The number of allylic oxidation sites excluding steroid dienone is 2. The lowest BCUT2D eigenvalue weighted by atomic mass is 9.55. The van der Waals surface area contributed by atoms with Gasteiger partial charge in [0.2, 0.25) is 0 Å². The molecule has 0 heterocycles. The van der Waals surface area contributed by atoms with Crippen LogP contribution in [0.15, 0.2) is 72.3 Å². The number of fused-ring (bicyclic) bond motifs is 1. The summed E-state index contributed by atoms with van der Waals surface area (Å²) in [7, 11) is 0. The van der Waals surface area contributed by atoms with Crippen LogP contribution < -0.4 is 0 Å². The molecular weight excluding hydrogens is 276 g/mol. The van der Waals surface area contributed by atoms with Gasteiger partial charge in [-0.15, -0.1) is 0 Å². The van der Waals surface area contributed by atoms with Crippen molar-refractivity contribution in [1.82, 2.24) is 0 Å². The molecule has 1 atom stereocenters. The Hall–Kier alpha value is -1.82. The third-order valence-electron chi connectivity index (χ3n) is 6.35. The van der Waals surface area contributed by atoms with Crippen molar-refractivity contribution in [2.45, 2.75) is 50.9 Å². The van der Waals surface area contributed by atoms with Crippen molar-refractivity contribution in [3.63, 3.8) is 0 Å². The van der Waals surface area contributed by atoms with E-state index in [-0.39, 0.29) is 5.41 Å².